The number of phenols is 2. The Labute approximate surface area is 152 Å². The van der Waals surface area contributed by atoms with Gasteiger partial charge in [0.2, 0.25) is 5.91 Å². The maximum absolute atomic E-state index is 12.2. The Bertz CT molecular complexity index is 943. The van der Waals surface area contributed by atoms with E-state index in [1.54, 1.807) is 6.20 Å². The van der Waals surface area contributed by atoms with E-state index < -0.39 is 0 Å². The molecule has 0 aliphatic rings. The molecule has 0 aliphatic carbocycles. The predicted molar refractivity (Wildman–Crippen MR) is 97.2 cm³/mol. The number of aromatic nitrogens is 2. The van der Waals surface area contributed by atoms with Crippen molar-refractivity contribution in [3.05, 3.63) is 52.1 Å². The number of aryl methyl sites for hydroxylation is 1. The molecule has 0 radical (unpaired) electrons. The highest BCUT2D eigenvalue weighted by atomic mass is 35.5. The van der Waals surface area contributed by atoms with Gasteiger partial charge in [0.1, 0.15) is 0 Å². The summed E-state index contributed by atoms with van der Waals surface area (Å²) in [5, 5.41) is 24.1. The topological polar surface area (TPSA) is 95.3 Å². The lowest BCUT2D eigenvalue weighted by Gasteiger charge is -2.06. The first-order valence-corrected chi connectivity index (χ1v) is 8.57. The number of carbonyl (C=O) groups is 1. The molecule has 0 unspecified atom stereocenters. The second-order valence-corrected chi connectivity index (χ2v) is 6.65. The zero-order valence-electron chi connectivity index (χ0n) is 13.2. The van der Waals surface area contributed by atoms with Gasteiger partial charge >= 0.3 is 0 Å². The van der Waals surface area contributed by atoms with Crippen LogP contribution in [0.15, 0.2) is 35.8 Å². The Morgan fingerprint density at radius 2 is 2.04 bits per heavy atom. The molecule has 2 heterocycles. The van der Waals surface area contributed by atoms with E-state index in [2.05, 4.69) is 15.3 Å². The normalized spacial score (nSPS) is 10.6. The molecule has 3 rings (SSSR count). The number of carbonyl (C=O) groups excluding carboxylic acids is 1. The number of hydrogen-bond acceptors (Lipinski definition) is 6. The second-order valence-electron chi connectivity index (χ2n) is 5.38. The molecule has 8 heteroatoms. The molecule has 0 atom stereocenters. The van der Waals surface area contributed by atoms with Crippen LogP contribution in [0.25, 0.3) is 11.3 Å². The highest BCUT2D eigenvalue weighted by Crippen LogP contribution is 2.31. The summed E-state index contributed by atoms with van der Waals surface area (Å²) in [6.45, 7) is 1.90. The van der Waals surface area contributed by atoms with Crippen molar-refractivity contribution in [3.8, 4) is 22.8 Å². The van der Waals surface area contributed by atoms with Gasteiger partial charge in [0.05, 0.1) is 12.1 Å². The Kier molecular flexibility index (Phi) is 4.87. The van der Waals surface area contributed by atoms with Gasteiger partial charge in [0.15, 0.2) is 16.6 Å². The van der Waals surface area contributed by atoms with Gasteiger partial charge in [0.25, 0.3) is 0 Å². The van der Waals surface area contributed by atoms with Crippen LogP contribution in [0.4, 0.5) is 5.13 Å². The number of anilines is 1. The fourth-order valence-corrected chi connectivity index (χ4v) is 3.20. The van der Waals surface area contributed by atoms with Crippen LogP contribution < -0.4 is 5.32 Å². The lowest BCUT2D eigenvalue weighted by atomic mass is 10.1. The smallest absolute Gasteiger partial charge is 0.230 e. The first-order chi connectivity index (χ1) is 11.9. The molecular weight excluding hydrogens is 362 g/mol. The molecule has 1 aromatic carbocycles. The van der Waals surface area contributed by atoms with Gasteiger partial charge in [-0.05, 0) is 30.7 Å². The van der Waals surface area contributed by atoms with Crippen LogP contribution in [0, 0.1) is 6.92 Å². The van der Waals surface area contributed by atoms with Gasteiger partial charge in [-0.25, -0.2) is 4.98 Å². The van der Waals surface area contributed by atoms with Crippen LogP contribution in [-0.4, -0.2) is 26.1 Å². The average Bonchev–Trinajstić information content (AvgIpc) is 3.01. The summed E-state index contributed by atoms with van der Waals surface area (Å²) in [4.78, 5) is 20.7. The first kappa shape index (κ1) is 17.2. The van der Waals surface area contributed by atoms with Crippen molar-refractivity contribution in [1.29, 1.82) is 0 Å². The highest BCUT2D eigenvalue weighted by Gasteiger charge is 2.13. The third kappa shape index (κ3) is 4.07. The standard InChI is InChI=1S/C17H14ClN3O3S/c1-9-4-10(2-3-19-9)13-8-25-17(20-13)21-16(24)6-11-5-14(22)15(23)7-12(11)18/h2-5,7-8,22-23H,6H2,1H3,(H,20,21,24). The third-order valence-electron chi connectivity index (χ3n) is 3.44. The van der Waals surface area contributed by atoms with Crippen molar-refractivity contribution in [2.45, 2.75) is 13.3 Å². The van der Waals surface area contributed by atoms with Gasteiger partial charge in [-0.1, -0.05) is 11.6 Å². The van der Waals surface area contributed by atoms with Crippen LogP contribution in [0.5, 0.6) is 11.5 Å². The lowest BCUT2D eigenvalue weighted by molar-refractivity contribution is -0.115. The predicted octanol–water partition coefficient (Wildman–Crippen LogP) is 3.76. The molecule has 128 valence electrons. The van der Waals surface area contributed by atoms with E-state index >= 15 is 0 Å². The first-order valence-electron chi connectivity index (χ1n) is 7.31. The largest absolute Gasteiger partial charge is 0.504 e. The summed E-state index contributed by atoms with van der Waals surface area (Å²) in [5.41, 5.74) is 2.98. The van der Waals surface area contributed by atoms with Gasteiger partial charge in [-0.15, -0.1) is 11.3 Å². The van der Waals surface area contributed by atoms with Gasteiger partial charge in [-0.2, -0.15) is 0 Å². The van der Waals surface area contributed by atoms with Crippen molar-refractivity contribution in [2.75, 3.05) is 5.32 Å². The summed E-state index contributed by atoms with van der Waals surface area (Å²) >= 11 is 7.29. The molecule has 3 N–H and O–H groups in total. The minimum Gasteiger partial charge on any atom is -0.504 e. The summed E-state index contributed by atoms with van der Waals surface area (Å²) in [7, 11) is 0. The molecule has 0 saturated heterocycles. The van der Waals surface area contributed by atoms with Crippen molar-refractivity contribution in [1.82, 2.24) is 9.97 Å². The minimum absolute atomic E-state index is 0.0457. The molecule has 0 bridgehead atoms. The monoisotopic (exact) mass is 375 g/mol. The molecule has 3 aromatic rings. The minimum atomic E-state index is -0.327. The number of benzene rings is 1. The Morgan fingerprint density at radius 3 is 2.80 bits per heavy atom. The van der Waals surface area contributed by atoms with Crippen LogP contribution in [-0.2, 0) is 11.2 Å². The van der Waals surface area contributed by atoms with E-state index in [1.807, 2.05) is 24.4 Å². The van der Waals surface area contributed by atoms with E-state index in [9.17, 15) is 15.0 Å². The summed E-state index contributed by atoms with van der Waals surface area (Å²) in [5.74, 6) is -0.970. The molecule has 0 aliphatic heterocycles. The van der Waals surface area contributed by atoms with Crippen LogP contribution in [0.1, 0.15) is 11.3 Å². The Hall–Kier alpha value is -2.64. The zero-order chi connectivity index (χ0) is 18.0. The number of thiazole rings is 1. The van der Waals surface area contributed by atoms with E-state index in [1.165, 1.54) is 23.5 Å². The molecule has 0 fully saturated rings. The molecule has 6 nitrogen and oxygen atoms in total. The van der Waals surface area contributed by atoms with E-state index in [0.717, 1.165) is 17.0 Å². The lowest BCUT2D eigenvalue weighted by Crippen LogP contribution is -2.14. The maximum Gasteiger partial charge on any atom is 0.230 e. The quantitative estimate of drug-likeness (QED) is 0.603. The van der Waals surface area contributed by atoms with E-state index in [0.29, 0.717) is 10.7 Å². The third-order valence-corrected chi connectivity index (χ3v) is 4.55. The van der Waals surface area contributed by atoms with E-state index in [4.69, 9.17) is 11.6 Å². The summed E-state index contributed by atoms with van der Waals surface area (Å²) in [6.07, 6.45) is 1.66. The molecular formula is C17H14ClN3O3S. The van der Waals surface area contributed by atoms with Crippen molar-refractivity contribution in [3.63, 3.8) is 0 Å². The van der Waals surface area contributed by atoms with Crippen molar-refractivity contribution in [2.24, 2.45) is 0 Å². The number of nitrogens with one attached hydrogen (secondary N) is 1. The number of halogens is 1. The van der Waals surface area contributed by atoms with Gasteiger partial charge in [0, 0.05) is 33.9 Å². The second kappa shape index (κ2) is 7.08. The number of pyridine rings is 1. The van der Waals surface area contributed by atoms with Crippen LogP contribution in [0.3, 0.4) is 0 Å². The number of amides is 1. The molecule has 1 amide bonds. The number of rotatable bonds is 4. The number of phenolic OH excluding ortho intramolecular Hbond substituents is 2. The summed E-state index contributed by atoms with van der Waals surface area (Å²) < 4.78 is 0. The summed E-state index contributed by atoms with van der Waals surface area (Å²) in [6, 6.07) is 6.24. The van der Waals surface area contributed by atoms with Crippen molar-refractivity contribution >= 4 is 34.0 Å². The number of aromatic hydroxyl groups is 2. The molecule has 2 aromatic heterocycles. The maximum atomic E-state index is 12.2. The zero-order valence-corrected chi connectivity index (χ0v) is 14.7. The molecule has 25 heavy (non-hydrogen) atoms. The number of hydrogen-bond donors (Lipinski definition) is 3. The van der Waals surface area contributed by atoms with Gasteiger partial charge in [-0.3, -0.25) is 9.78 Å². The Balaban J connectivity index is 1.71. The highest BCUT2D eigenvalue weighted by molar-refractivity contribution is 7.14. The fourth-order valence-electron chi connectivity index (χ4n) is 2.24. The Morgan fingerprint density at radius 1 is 1.28 bits per heavy atom. The fraction of sp³-hybridized carbons (Fsp3) is 0.118. The molecule has 0 spiro atoms. The van der Waals surface area contributed by atoms with Crippen molar-refractivity contribution < 1.29 is 15.0 Å². The van der Waals surface area contributed by atoms with Crippen LogP contribution in [0.2, 0.25) is 5.02 Å². The number of nitrogens with zero attached hydrogens (tertiary/aromatic N) is 2. The van der Waals surface area contributed by atoms with Crippen LogP contribution >= 0.6 is 22.9 Å². The molecule has 0 saturated carbocycles. The average molecular weight is 376 g/mol. The van der Waals surface area contributed by atoms with E-state index in [-0.39, 0.29) is 28.8 Å². The van der Waals surface area contributed by atoms with Gasteiger partial charge < -0.3 is 15.5 Å². The SMILES string of the molecule is Cc1cc(-c2csc(NC(=O)Cc3cc(O)c(O)cc3Cl)n2)ccn1.